The Bertz CT molecular complexity index is 437. The molecule has 0 radical (unpaired) electrons. The Hall–Kier alpha value is -0.740. The van der Waals surface area contributed by atoms with Crippen molar-refractivity contribution in [2.75, 3.05) is 5.73 Å². The van der Waals surface area contributed by atoms with E-state index >= 15 is 0 Å². The van der Waals surface area contributed by atoms with Gasteiger partial charge in [0.2, 0.25) is 0 Å². The molecule has 3 nitrogen and oxygen atoms in total. The Labute approximate surface area is 82.3 Å². The van der Waals surface area contributed by atoms with Crippen molar-refractivity contribution in [2.24, 2.45) is 0 Å². The molecule has 0 aliphatic heterocycles. The van der Waals surface area contributed by atoms with Crippen LogP contribution in [0.2, 0.25) is 5.02 Å². The van der Waals surface area contributed by atoms with Crippen LogP contribution in [-0.4, -0.2) is 9.38 Å². The number of hydrogen-bond acceptors (Lipinski definition) is 2. The van der Waals surface area contributed by atoms with Crippen molar-refractivity contribution in [1.82, 2.24) is 9.38 Å². The van der Waals surface area contributed by atoms with Crippen LogP contribution in [0.1, 0.15) is 0 Å². The van der Waals surface area contributed by atoms with Gasteiger partial charge < -0.3 is 5.73 Å². The number of halogens is 2. The Morgan fingerprint density at radius 1 is 1.58 bits per heavy atom. The van der Waals surface area contributed by atoms with Crippen molar-refractivity contribution < 1.29 is 0 Å². The molecular formula is C7H5BrClN3. The molecule has 2 aromatic rings. The molecule has 0 saturated carbocycles. The summed E-state index contributed by atoms with van der Waals surface area (Å²) >= 11 is 9.13. The molecule has 0 spiro atoms. The number of nitrogen functional groups attached to an aromatic ring is 1. The SMILES string of the molecule is Nc1cn2c(Br)cnc2cc1Cl. The zero-order valence-electron chi connectivity index (χ0n) is 5.96. The lowest BCUT2D eigenvalue weighted by atomic mass is 10.4. The molecule has 0 atom stereocenters. The van der Waals surface area contributed by atoms with Crippen LogP contribution in [0.4, 0.5) is 5.69 Å². The number of fused-ring (bicyclic) bond motifs is 1. The Kier molecular flexibility index (Phi) is 1.73. The van der Waals surface area contributed by atoms with Gasteiger partial charge in [-0.2, -0.15) is 0 Å². The quantitative estimate of drug-likeness (QED) is 0.775. The largest absolute Gasteiger partial charge is 0.396 e. The monoisotopic (exact) mass is 245 g/mol. The Balaban J connectivity index is 2.87. The Morgan fingerprint density at radius 3 is 3.08 bits per heavy atom. The van der Waals surface area contributed by atoms with Gasteiger partial charge in [-0.15, -0.1) is 0 Å². The number of pyridine rings is 1. The van der Waals surface area contributed by atoms with Crippen molar-refractivity contribution in [1.29, 1.82) is 0 Å². The number of anilines is 1. The summed E-state index contributed by atoms with van der Waals surface area (Å²) in [4.78, 5) is 4.10. The van der Waals surface area contributed by atoms with E-state index in [9.17, 15) is 0 Å². The minimum absolute atomic E-state index is 0.528. The predicted octanol–water partition coefficient (Wildman–Crippen LogP) is 2.33. The van der Waals surface area contributed by atoms with Crippen molar-refractivity contribution in [3.05, 3.63) is 28.1 Å². The highest BCUT2D eigenvalue weighted by atomic mass is 79.9. The molecule has 0 aliphatic carbocycles. The fraction of sp³-hybridized carbons (Fsp3) is 0. The number of nitrogens with two attached hydrogens (primary N) is 1. The summed E-state index contributed by atoms with van der Waals surface area (Å²) in [5.74, 6) is 0. The smallest absolute Gasteiger partial charge is 0.139 e. The highest BCUT2D eigenvalue weighted by Gasteiger charge is 2.03. The van der Waals surface area contributed by atoms with Crippen LogP contribution in [0.25, 0.3) is 5.65 Å². The first-order valence-electron chi connectivity index (χ1n) is 3.26. The van der Waals surface area contributed by atoms with E-state index in [0.29, 0.717) is 10.7 Å². The first kappa shape index (κ1) is 7.89. The van der Waals surface area contributed by atoms with Gasteiger partial charge in [-0.3, -0.25) is 4.40 Å². The minimum atomic E-state index is 0.528. The molecule has 5 heteroatoms. The van der Waals surface area contributed by atoms with Gasteiger partial charge in [0.15, 0.2) is 0 Å². The maximum atomic E-state index is 5.80. The van der Waals surface area contributed by atoms with Gasteiger partial charge in [0.25, 0.3) is 0 Å². The zero-order chi connectivity index (χ0) is 8.72. The average Bonchev–Trinajstić information content (AvgIpc) is 2.35. The van der Waals surface area contributed by atoms with Crippen LogP contribution in [0.15, 0.2) is 23.1 Å². The first-order valence-corrected chi connectivity index (χ1v) is 4.43. The van der Waals surface area contributed by atoms with Crippen LogP contribution in [0.5, 0.6) is 0 Å². The van der Waals surface area contributed by atoms with E-state index in [0.717, 1.165) is 10.3 Å². The molecule has 0 bridgehead atoms. The zero-order valence-corrected chi connectivity index (χ0v) is 8.30. The van der Waals surface area contributed by atoms with Crippen LogP contribution < -0.4 is 5.73 Å². The van der Waals surface area contributed by atoms with Crippen LogP contribution >= 0.6 is 27.5 Å². The van der Waals surface area contributed by atoms with E-state index in [4.69, 9.17) is 17.3 Å². The normalized spacial score (nSPS) is 10.8. The fourth-order valence-electron chi connectivity index (χ4n) is 0.985. The molecule has 0 saturated heterocycles. The van der Waals surface area contributed by atoms with Gasteiger partial charge in [0.05, 0.1) is 16.9 Å². The predicted molar refractivity (Wildman–Crippen MR) is 52.3 cm³/mol. The van der Waals surface area contributed by atoms with Gasteiger partial charge in [0, 0.05) is 12.3 Å². The maximum Gasteiger partial charge on any atom is 0.139 e. The minimum Gasteiger partial charge on any atom is -0.396 e. The van der Waals surface area contributed by atoms with E-state index in [2.05, 4.69) is 20.9 Å². The van der Waals surface area contributed by atoms with E-state index in [-0.39, 0.29) is 0 Å². The molecular weight excluding hydrogens is 241 g/mol. The van der Waals surface area contributed by atoms with Crippen molar-refractivity contribution >= 4 is 38.9 Å². The van der Waals surface area contributed by atoms with Crippen LogP contribution in [0, 0.1) is 0 Å². The summed E-state index contributed by atoms with van der Waals surface area (Å²) in [5, 5.41) is 0.528. The third kappa shape index (κ3) is 1.07. The standard InChI is InChI=1S/C7H5BrClN3/c8-6-2-11-7-1-4(9)5(10)3-12(6)7/h1-3H,10H2. The summed E-state index contributed by atoms with van der Waals surface area (Å²) in [6, 6.07) is 1.72. The molecule has 2 N–H and O–H groups in total. The summed E-state index contributed by atoms with van der Waals surface area (Å²) < 4.78 is 2.68. The van der Waals surface area contributed by atoms with Crippen LogP contribution in [0.3, 0.4) is 0 Å². The van der Waals surface area contributed by atoms with Crippen molar-refractivity contribution in [3.8, 4) is 0 Å². The molecule has 2 aromatic heterocycles. The van der Waals surface area contributed by atoms with E-state index in [1.165, 1.54) is 0 Å². The summed E-state index contributed by atoms with van der Waals surface area (Å²) in [5.41, 5.74) is 6.94. The second kappa shape index (κ2) is 2.64. The summed E-state index contributed by atoms with van der Waals surface area (Å²) in [6.07, 6.45) is 3.43. The number of hydrogen-bond donors (Lipinski definition) is 1. The van der Waals surface area contributed by atoms with Crippen molar-refractivity contribution in [2.45, 2.75) is 0 Å². The fourth-order valence-corrected chi connectivity index (χ4v) is 1.52. The number of aromatic nitrogens is 2. The molecule has 0 fully saturated rings. The Morgan fingerprint density at radius 2 is 2.33 bits per heavy atom. The molecule has 62 valence electrons. The summed E-state index contributed by atoms with van der Waals surface area (Å²) in [6.45, 7) is 0. The molecule has 0 unspecified atom stereocenters. The highest BCUT2D eigenvalue weighted by Crippen LogP contribution is 2.22. The molecule has 2 rings (SSSR count). The van der Waals surface area contributed by atoms with Gasteiger partial charge in [0.1, 0.15) is 10.3 Å². The topological polar surface area (TPSA) is 43.3 Å². The second-order valence-electron chi connectivity index (χ2n) is 2.39. The van der Waals surface area contributed by atoms with E-state index < -0.39 is 0 Å². The number of rotatable bonds is 0. The molecule has 0 amide bonds. The molecule has 12 heavy (non-hydrogen) atoms. The van der Waals surface area contributed by atoms with Gasteiger partial charge in [-0.1, -0.05) is 11.6 Å². The van der Waals surface area contributed by atoms with Gasteiger partial charge >= 0.3 is 0 Å². The van der Waals surface area contributed by atoms with E-state index in [1.807, 2.05) is 4.40 Å². The summed E-state index contributed by atoms with van der Waals surface area (Å²) in [7, 11) is 0. The lowest BCUT2D eigenvalue weighted by molar-refractivity contribution is 1.16. The van der Waals surface area contributed by atoms with Gasteiger partial charge in [-0.25, -0.2) is 4.98 Å². The number of nitrogens with zero attached hydrogens (tertiary/aromatic N) is 2. The van der Waals surface area contributed by atoms with Gasteiger partial charge in [-0.05, 0) is 15.9 Å². The average molecular weight is 246 g/mol. The maximum absolute atomic E-state index is 5.80. The lowest BCUT2D eigenvalue weighted by Gasteiger charge is -1.99. The first-order chi connectivity index (χ1) is 5.68. The molecule has 0 aliphatic rings. The molecule has 2 heterocycles. The highest BCUT2D eigenvalue weighted by molar-refractivity contribution is 9.10. The third-order valence-corrected chi connectivity index (χ3v) is 2.49. The third-order valence-electron chi connectivity index (χ3n) is 1.58. The lowest BCUT2D eigenvalue weighted by Crippen LogP contribution is -1.91. The van der Waals surface area contributed by atoms with Crippen molar-refractivity contribution in [3.63, 3.8) is 0 Å². The molecule has 0 aromatic carbocycles. The van der Waals surface area contributed by atoms with E-state index in [1.54, 1.807) is 18.5 Å². The van der Waals surface area contributed by atoms with Crippen LogP contribution in [-0.2, 0) is 0 Å². The second-order valence-corrected chi connectivity index (χ2v) is 3.61. The number of imidazole rings is 1.